The van der Waals surface area contributed by atoms with E-state index in [4.69, 9.17) is 9.47 Å². The monoisotopic (exact) mass is 1060 g/mol. The van der Waals surface area contributed by atoms with E-state index in [1.165, 1.54) is 16.7 Å². The molecule has 0 radical (unpaired) electrons. The molecule has 5 amide bonds. The van der Waals surface area contributed by atoms with Gasteiger partial charge in [0.25, 0.3) is 0 Å². The van der Waals surface area contributed by atoms with Crippen LogP contribution in [0.2, 0.25) is 0 Å². The molecule has 2 aliphatic rings. The molecular weight excluding hydrogens is 991 g/mol. The number of carbonyl (C=O) groups is 5. The average Bonchev–Trinajstić information content (AvgIpc) is 4.07. The first kappa shape index (κ1) is 61.8. The van der Waals surface area contributed by atoms with E-state index in [0.29, 0.717) is 32.1 Å². The average molecular weight is 1060 g/mol. The van der Waals surface area contributed by atoms with Crippen molar-refractivity contribution in [2.24, 2.45) is 0 Å². The fraction of sp³-hybridized carbons (Fsp3) is 0.604. The van der Waals surface area contributed by atoms with Crippen molar-refractivity contribution >= 4 is 29.5 Å². The number of likely N-dealkylation sites (tertiary alicyclic amines) is 2. The van der Waals surface area contributed by atoms with Crippen LogP contribution in [-0.4, -0.2) is 188 Å². The number of amides is 5. The van der Waals surface area contributed by atoms with Crippen LogP contribution in [-0.2, 0) is 46.3 Å². The van der Waals surface area contributed by atoms with Crippen LogP contribution in [0.1, 0.15) is 70.9 Å². The van der Waals surface area contributed by atoms with Crippen LogP contribution in [0.15, 0.2) is 60.7 Å². The number of likely N-dealkylation sites (N-methyl/N-ethyl adjacent to an activating group) is 2. The summed E-state index contributed by atoms with van der Waals surface area (Å²) < 4.78 is 94.7. The van der Waals surface area contributed by atoms with Gasteiger partial charge in [-0.15, -0.1) is 0 Å². The topological polar surface area (TPSA) is 185 Å². The number of nitrogens with one attached hydrogen (secondary N) is 4. The van der Waals surface area contributed by atoms with Gasteiger partial charge in [0.2, 0.25) is 17.7 Å². The molecule has 2 fully saturated rings. The van der Waals surface area contributed by atoms with Crippen molar-refractivity contribution in [2.75, 3.05) is 66.6 Å². The predicted octanol–water partition coefficient (Wildman–Crippen LogP) is 3.42. The van der Waals surface area contributed by atoms with Gasteiger partial charge < -0.3 is 50.1 Å². The van der Waals surface area contributed by atoms with Crippen LogP contribution in [0.25, 0.3) is 0 Å². The van der Waals surface area contributed by atoms with Crippen LogP contribution in [0, 0.1) is 23.7 Å². The van der Waals surface area contributed by atoms with Gasteiger partial charge in [0.15, 0.2) is 0 Å². The van der Waals surface area contributed by atoms with Crippen molar-refractivity contribution in [3.05, 3.63) is 71.8 Å². The van der Waals surface area contributed by atoms with Crippen molar-refractivity contribution < 1.29 is 64.9 Å². The molecule has 0 saturated carbocycles. The molecule has 0 spiro atoms. The molecule has 0 aromatic heterocycles. The Labute approximate surface area is 435 Å². The van der Waals surface area contributed by atoms with E-state index in [-0.39, 0.29) is 65.3 Å². The number of rotatable bonds is 26. The minimum atomic E-state index is -5.13. The maximum absolute atomic E-state index is 14.3. The van der Waals surface area contributed by atoms with Crippen molar-refractivity contribution in [3.8, 4) is 23.7 Å². The Kier molecular flexibility index (Phi) is 24.8. The van der Waals surface area contributed by atoms with Gasteiger partial charge in [-0.2, -0.15) is 26.3 Å². The lowest BCUT2D eigenvalue weighted by Crippen LogP contribution is -2.60. The normalized spacial score (nSPS) is 18.5. The summed E-state index contributed by atoms with van der Waals surface area (Å²) in [7, 11) is 3.17. The summed E-state index contributed by atoms with van der Waals surface area (Å²) in [6.45, 7) is 5.13. The number of aliphatic hydroxyl groups is 1. The number of hydrogen-bond donors (Lipinski definition) is 5. The quantitative estimate of drug-likeness (QED) is 0.0529. The number of benzene rings is 2. The Balaban J connectivity index is 1.40. The highest BCUT2D eigenvalue weighted by molar-refractivity contribution is 5.90. The van der Waals surface area contributed by atoms with Crippen LogP contribution in [0.5, 0.6) is 0 Å². The zero-order valence-electron chi connectivity index (χ0n) is 43.4. The summed E-state index contributed by atoms with van der Waals surface area (Å²) in [5.74, 6) is 4.99. The summed E-state index contributed by atoms with van der Waals surface area (Å²) in [5.41, 5.74) is 1.65. The largest absolute Gasteiger partial charge is 0.471 e. The number of ether oxygens (including phenoxy) is 2. The van der Waals surface area contributed by atoms with Gasteiger partial charge in [-0.25, -0.2) is 0 Å². The third kappa shape index (κ3) is 19.4. The second kappa shape index (κ2) is 30.1. The molecule has 4 rings (SSSR count). The number of carbonyl (C=O) groups excluding carboxylic acids is 5. The minimum Gasteiger partial charge on any atom is -0.377 e. The lowest BCUT2D eigenvalue weighted by atomic mass is 10.1. The zero-order chi connectivity index (χ0) is 55.3. The first-order valence-electron chi connectivity index (χ1n) is 25.3. The first-order chi connectivity index (χ1) is 35.6. The van der Waals surface area contributed by atoms with Crippen molar-refractivity contribution in [1.29, 1.82) is 0 Å². The highest BCUT2D eigenvalue weighted by Gasteiger charge is 2.46. The summed E-state index contributed by atoms with van der Waals surface area (Å²) in [4.78, 5) is 71.1. The van der Waals surface area contributed by atoms with Gasteiger partial charge in [0.1, 0.15) is 31.5 Å². The molecule has 22 heteroatoms. The Hall–Kier alpha value is -5.75. The molecular formula is C53H72F6N8O8. The van der Waals surface area contributed by atoms with E-state index in [1.54, 1.807) is 65.2 Å². The van der Waals surface area contributed by atoms with Gasteiger partial charge in [-0.3, -0.25) is 29.3 Å². The number of halogens is 6. The Bertz CT molecular complexity index is 2270. The standard InChI is InChI=1S/C53H72F6N8O8/c1-36(60-5)46(68)62-44(48(70)66-29-18-25-42(66)34-64(50(72)52(54,55)56)28-17-24-40-20-11-9-12-21-40)38(3)74-32-15-7-8-16-33-75-39(4)45(63-47(69)37(2)61-6)49(71)67-30-19-26-43(67)35-65(51(73)53(57,58)59)31-27-41-22-13-10-14-23-41/h9-14,20-23,36-39,42-46,60-62,68H,17-19,24-35H2,1-6H3,(H,63,69)/t36-,37-,38?,39+,42-,43-,44-,45-,46-/m0/s1. The molecule has 0 aliphatic carbocycles. The second-order valence-corrected chi connectivity index (χ2v) is 18.8. The SMILES string of the molecule is CN[C@@H](C)C(=O)N[C@H](C(=O)N1CCC[C@H]1CN(CCc1ccccc1)C(=O)C(F)(F)F)[C@@H](C)OCC#CC#CCOC(C)[C@H](N[C@@H](O)[C@H](C)NC)C(=O)N1CCC[C@H]1CN(CCCc1ccccc1)C(=O)C(F)(F)F. The van der Waals surface area contributed by atoms with Crippen LogP contribution in [0.3, 0.4) is 0 Å². The van der Waals surface area contributed by atoms with E-state index >= 15 is 0 Å². The van der Waals surface area contributed by atoms with Crippen molar-refractivity contribution in [3.63, 3.8) is 0 Å². The minimum absolute atomic E-state index is 0.162. The zero-order valence-corrected chi connectivity index (χ0v) is 43.4. The van der Waals surface area contributed by atoms with E-state index in [0.717, 1.165) is 20.9 Å². The molecule has 75 heavy (non-hydrogen) atoms. The van der Waals surface area contributed by atoms with E-state index in [1.807, 2.05) is 30.3 Å². The van der Waals surface area contributed by atoms with Gasteiger partial charge in [0, 0.05) is 57.4 Å². The maximum Gasteiger partial charge on any atom is 0.471 e. The molecule has 2 aromatic rings. The fourth-order valence-corrected chi connectivity index (χ4v) is 8.82. The summed E-state index contributed by atoms with van der Waals surface area (Å²) in [6.07, 6.45) is -10.9. The van der Waals surface area contributed by atoms with E-state index in [9.17, 15) is 55.4 Å². The van der Waals surface area contributed by atoms with Gasteiger partial charge in [-0.05, 0) is 110 Å². The maximum atomic E-state index is 14.3. The predicted molar refractivity (Wildman–Crippen MR) is 268 cm³/mol. The third-order valence-corrected chi connectivity index (χ3v) is 13.4. The summed E-state index contributed by atoms with van der Waals surface area (Å²) in [6, 6.07) is 12.7. The molecule has 2 aliphatic heterocycles. The van der Waals surface area contributed by atoms with Gasteiger partial charge in [0.05, 0.1) is 18.2 Å². The highest BCUT2D eigenvalue weighted by Crippen LogP contribution is 2.27. The second-order valence-electron chi connectivity index (χ2n) is 18.8. The molecule has 5 N–H and O–H groups in total. The molecule has 1 unspecified atom stereocenters. The lowest BCUT2D eigenvalue weighted by molar-refractivity contribution is -0.186. The van der Waals surface area contributed by atoms with Crippen molar-refractivity contribution in [2.45, 2.75) is 140 Å². The van der Waals surface area contributed by atoms with Gasteiger partial charge in [-0.1, -0.05) is 72.5 Å². The Morgan fingerprint density at radius 2 is 1.13 bits per heavy atom. The number of aryl methyl sites for hydroxylation is 1. The van der Waals surface area contributed by atoms with Gasteiger partial charge >= 0.3 is 24.2 Å². The highest BCUT2D eigenvalue weighted by atomic mass is 19.4. The van der Waals surface area contributed by atoms with Crippen molar-refractivity contribution in [1.82, 2.24) is 40.9 Å². The fourth-order valence-electron chi connectivity index (χ4n) is 8.82. The molecule has 2 aromatic carbocycles. The smallest absolute Gasteiger partial charge is 0.377 e. The molecule has 2 saturated heterocycles. The Morgan fingerprint density at radius 1 is 0.680 bits per heavy atom. The molecule has 9 atom stereocenters. The summed E-state index contributed by atoms with van der Waals surface area (Å²) >= 11 is 0. The number of alkyl halides is 6. The first-order valence-corrected chi connectivity index (χ1v) is 25.3. The molecule has 414 valence electrons. The summed E-state index contributed by atoms with van der Waals surface area (Å²) in [5, 5.41) is 22.2. The lowest BCUT2D eigenvalue weighted by Gasteiger charge is -2.36. The number of hydrogen-bond acceptors (Lipinski definition) is 11. The molecule has 16 nitrogen and oxygen atoms in total. The third-order valence-electron chi connectivity index (χ3n) is 13.4. The van der Waals surface area contributed by atoms with Crippen LogP contribution < -0.4 is 21.3 Å². The number of aliphatic hydroxyl groups excluding tert-OH is 1. The van der Waals surface area contributed by atoms with E-state index in [2.05, 4.69) is 44.9 Å². The number of nitrogens with zero attached hydrogens (tertiary/aromatic N) is 4. The van der Waals surface area contributed by atoms with E-state index < -0.39 is 96.6 Å². The molecule has 2 heterocycles. The van der Waals surface area contributed by atoms with Crippen LogP contribution in [0.4, 0.5) is 26.3 Å². The Morgan fingerprint density at radius 3 is 1.60 bits per heavy atom. The van der Waals surface area contributed by atoms with Crippen LogP contribution >= 0.6 is 0 Å². The molecule has 0 bridgehead atoms.